The average molecular weight is 310 g/mol. The maximum Gasteiger partial charge on any atom is 0.224 e. The molecule has 0 aliphatic rings. The van der Waals surface area contributed by atoms with E-state index in [0.29, 0.717) is 16.9 Å². The van der Waals surface area contributed by atoms with Crippen LogP contribution in [0.25, 0.3) is 0 Å². The third kappa shape index (κ3) is 5.39. The van der Waals surface area contributed by atoms with Crippen molar-refractivity contribution in [3.63, 3.8) is 0 Å². The van der Waals surface area contributed by atoms with E-state index in [1.165, 1.54) is 6.92 Å². The second-order valence-corrected chi connectivity index (χ2v) is 5.10. The molecule has 118 valence electrons. The smallest absolute Gasteiger partial charge is 0.224 e. The summed E-state index contributed by atoms with van der Waals surface area (Å²) in [4.78, 5) is 34.9. The minimum absolute atomic E-state index is 0.0623. The molecule has 2 rings (SSSR count). The van der Waals surface area contributed by atoms with Gasteiger partial charge in [0.1, 0.15) is 0 Å². The number of benzene rings is 2. The van der Waals surface area contributed by atoms with Crippen LogP contribution in [0.1, 0.15) is 30.1 Å². The Hall–Kier alpha value is -2.95. The first-order valence-electron chi connectivity index (χ1n) is 7.30. The van der Waals surface area contributed by atoms with E-state index in [1.54, 1.807) is 48.5 Å². The number of hydrogen-bond acceptors (Lipinski definition) is 3. The van der Waals surface area contributed by atoms with Gasteiger partial charge in [-0.15, -0.1) is 0 Å². The third-order valence-corrected chi connectivity index (χ3v) is 3.14. The van der Waals surface area contributed by atoms with Crippen molar-refractivity contribution in [1.29, 1.82) is 0 Å². The number of carbonyl (C=O) groups excluding carboxylic acids is 3. The quantitative estimate of drug-likeness (QED) is 0.804. The molecule has 0 fully saturated rings. The molecule has 0 saturated heterocycles. The first kappa shape index (κ1) is 16.4. The Morgan fingerprint density at radius 2 is 1.48 bits per heavy atom. The lowest BCUT2D eigenvalue weighted by molar-refractivity contribution is -0.116. The van der Waals surface area contributed by atoms with E-state index in [1.807, 2.05) is 6.07 Å². The summed E-state index contributed by atoms with van der Waals surface area (Å²) in [5, 5.41) is 5.37. The zero-order chi connectivity index (χ0) is 16.7. The zero-order valence-electron chi connectivity index (χ0n) is 12.8. The number of ketones is 1. The lowest BCUT2D eigenvalue weighted by Gasteiger charge is -2.07. The lowest BCUT2D eigenvalue weighted by atomic mass is 10.1. The Morgan fingerprint density at radius 3 is 2.13 bits per heavy atom. The number of Topliss-reactive ketones (excluding diaryl/α,β-unsaturated/α-hetero) is 1. The Kier molecular flexibility index (Phi) is 5.63. The van der Waals surface area contributed by atoms with Gasteiger partial charge in [0.15, 0.2) is 5.78 Å². The minimum Gasteiger partial charge on any atom is -0.326 e. The maximum absolute atomic E-state index is 11.9. The molecule has 0 bridgehead atoms. The van der Waals surface area contributed by atoms with Crippen LogP contribution in [-0.4, -0.2) is 17.6 Å². The standard InChI is InChI=1S/C18H18N2O3/c1-13(21)19-15-8-5-9-16(12-15)20-18(23)11-10-17(22)14-6-3-2-4-7-14/h2-9,12H,10-11H2,1H3,(H,19,21)(H,20,23). The molecule has 0 aliphatic heterocycles. The first-order valence-corrected chi connectivity index (χ1v) is 7.30. The molecular weight excluding hydrogens is 292 g/mol. The Balaban J connectivity index is 1.87. The van der Waals surface area contributed by atoms with E-state index < -0.39 is 0 Å². The summed E-state index contributed by atoms with van der Waals surface area (Å²) in [7, 11) is 0. The minimum atomic E-state index is -0.241. The van der Waals surface area contributed by atoms with Crippen molar-refractivity contribution in [3.8, 4) is 0 Å². The molecule has 0 heterocycles. The molecule has 0 spiro atoms. The molecule has 2 N–H and O–H groups in total. The summed E-state index contributed by atoms with van der Waals surface area (Å²) in [6.07, 6.45) is 0.263. The number of carbonyl (C=O) groups is 3. The molecule has 5 nitrogen and oxygen atoms in total. The highest BCUT2D eigenvalue weighted by Crippen LogP contribution is 2.15. The van der Waals surface area contributed by atoms with Crippen molar-refractivity contribution in [1.82, 2.24) is 0 Å². The summed E-state index contributed by atoms with van der Waals surface area (Å²) in [5.41, 5.74) is 1.79. The van der Waals surface area contributed by atoms with E-state index in [4.69, 9.17) is 0 Å². The zero-order valence-corrected chi connectivity index (χ0v) is 12.8. The van der Waals surface area contributed by atoms with Gasteiger partial charge in [0.25, 0.3) is 0 Å². The van der Waals surface area contributed by atoms with Gasteiger partial charge in [-0.2, -0.15) is 0 Å². The van der Waals surface area contributed by atoms with Crippen molar-refractivity contribution in [2.45, 2.75) is 19.8 Å². The van der Waals surface area contributed by atoms with Crippen LogP contribution in [0.15, 0.2) is 54.6 Å². The van der Waals surface area contributed by atoms with Crippen LogP contribution >= 0.6 is 0 Å². The number of rotatable bonds is 6. The van der Waals surface area contributed by atoms with Crippen LogP contribution in [0.5, 0.6) is 0 Å². The summed E-state index contributed by atoms with van der Waals surface area (Å²) in [6, 6.07) is 15.7. The lowest BCUT2D eigenvalue weighted by Crippen LogP contribution is -2.14. The molecular formula is C18H18N2O3. The summed E-state index contributed by atoms with van der Waals surface area (Å²) >= 11 is 0. The number of amides is 2. The van der Waals surface area contributed by atoms with Gasteiger partial charge < -0.3 is 10.6 Å². The molecule has 0 aromatic heterocycles. The normalized spacial score (nSPS) is 9.96. The molecule has 0 saturated carbocycles. The van der Waals surface area contributed by atoms with Gasteiger partial charge in [-0.1, -0.05) is 36.4 Å². The maximum atomic E-state index is 11.9. The molecule has 0 radical (unpaired) electrons. The number of nitrogens with one attached hydrogen (secondary N) is 2. The predicted molar refractivity (Wildman–Crippen MR) is 89.4 cm³/mol. The van der Waals surface area contributed by atoms with Crippen molar-refractivity contribution >= 4 is 29.0 Å². The topological polar surface area (TPSA) is 75.3 Å². The van der Waals surface area contributed by atoms with E-state index in [2.05, 4.69) is 10.6 Å². The Bertz CT molecular complexity index is 711. The largest absolute Gasteiger partial charge is 0.326 e. The van der Waals surface area contributed by atoms with Crippen molar-refractivity contribution in [2.75, 3.05) is 10.6 Å². The molecule has 0 unspecified atom stereocenters. The number of hydrogen-bond donors (Lipinski definition) is 2. The van der Waals surface area contributed by atoms with Gasteiger partial charge in [0, 0.05) is 36.7 Å². The average Bonchev–Trinajstić information content (AvgIpc) is 2.53. The Morgan fingerprint density at radius 1 is 0.826 bits per heavy atom. The highest BCUT2D eigenvalue weighted by molar-refractivity contribution is 6.00. The SMILES string of the molecule is CC(=O)Nc1cccc(NC(=O)CCC(=O)c2ccccc2)c1. The van der Waals surface area contributed by atoms with Gasteiger partial charge >= 0.3 is 0 Å². The molecule has 23 heavy (non-hydrogen) atoms. The molecule has 0 aliphatic carbocycles. The van der Waals surface area contributed by atoms with Crippen LogP contribution < -0.4 is 10.6 Å². The van der Waals surface area contributed by atoms with Gasteiger partial charge in [-0.05, 0) is 18.2 Å². The van der Waals surface area contributed by atoms with Crippen molar-refractivity contribution in [3.05, 3.63) is 60.2 Å². The highest BCUT2D eigenvalue weighted by atomic mass is 16.2. The Labute approximate surface area is 134 Å². The van der Waals surface area contributed by atoms with E-state index in [0.717, 1.165) is 0 Å². The van der Waals surface area contributed by atoms with E-state index >= 15 is 0 Å². The highest BCUT2D eigenvalue weighted by Gasteiger charge is 2.09. The summed E-state index contributed by atoms with van der Waals surface area (Å²) in [6.45, 7) is 1.42. The third-order valence-electron chi connectivity index (χ3n) is 3.14. The second-order valence-electron chi connectivity index (χ2n) is 5.10. The van der Waals surface area contributed by atoms with Crippen LogP contribution in [0.4, 0.5) is 11.4 Å². The molecule has 5 heteroatoms. The monoisotopic (exact) mass is 310 g/mol. The first-order chi connectivity index (χ1) is 11.0. The molecule has 2 aromatic rings. The fourth-order valence-electron chi connectivity index (χ4n) is 2.10. The fraction of sp³-hybridized carbons (Fsp3) is 0.167. The summed E-state index contributed by atoms with van der Waals surface area (Å²) in [5.74, 6) is -0.482. The van der Waals surface area contributed by atoms with Gasteiger partial charge in [0.2, 0.25) is 11.8 Å². The van der Waals surface area contributed by atoms with E-state index in [9.17, 15) is 14.4 Å². The molecule has 2 aromatic carbocycles. The summed E-state index contributed by atoms with van der Waals surface area (Å²) < 4.78 is 0. The van der Waals surface area contributed by atoms with Crippen molar-refractivity contribution in [2.24, 2.45) is 0 Å². The molecule has 0 atom stereocenters. The van der Waals surface area contributed by atoms with Gasteiger partial charge in [0.05, 0.1) is 0 Å². The van der Waals surface area contributed by atoms with Gasteiger partial charge in [-0.3, -0.25) is 14.4 Å². The van der Waals surface area contributed by atoms with Crippen LogP contribution in [0.3, 0.4) is 0 Å². The van der Waals surface area contributed by atoms with Gasteiger partial charge in [-0.25, -0.2) is 0 Å². The second kappa shape index (κ2) is 7.89. The van der Waals surface area contributed by atoms with Crippen LogP contribution in [-0.2, 0) is 9.59 Å². The fourth-order valence-corrected chi connectivity index (χ4v) is 2.10. The van der Waals surface area contributed by atoms with E-state index in [-0.39, 0.29) is 30.4 Å². The van der Waals surface area contributed by atoms with Crippen LogP contribution in [0.2, 0.25) is 0 Å². The van der Waals surface area contributed by atoms with Crippen molar-refractivity contribution < 1.29 is 14.4 Å². The van der Waals surface area contributed by atoms with Crippen LogP contribution in [0, 0.1) is 0 Å². The number of anilines is 2. The predicted octanol–water partition coefficient (Wildman–Crippen LogP) is 3.25. The molecule has 2 amide bonds.